The second kappa shape index (κ2) is 12.2. The van der Waals surface area contributed by atoms with E-state index in [0.717, 1.165) is 71.6 Å². The third kappa shape index (κ3) is 6.91. The number of nitrogens with zero attached hydrogens (tertiary/aromatic N) is 2. The highest BCUT2D eigenvalue weighted by Crippen LogP contribution is 2.37. The van der Waals surface area contributed by atoms with Gasteiger partial charge in [0, 0.05) is 24.4 Å². The van der Waals surface area contributed by atoms with Crippen molar-refractivity contribution in [3.63, 3.8) is 0 Å². The Morgan fingerprint density at radius 3 is 2.19 bits per heavy atom. The molecule has 0 amide bonds. The number of halogens is 3. The van der Waals surface area contributed by atoms with Crippen molar-refractivity contribution in [3.8, 4) is 0 Å². The lowest BCUT2D eigenvalue weighted by Crippen LogP contribution is -2.64. The van der Waals surface area contributed by atoms with Gasteiger partial charge in [-0.2, -0.15) is 13.2 Å². The number of aromatic nitrogens is 2. The smallest absolute Gasteiger partial charge is 0.430 e. The van der Waals surface area contributed by atoms with E-state index in [1.807, 2.05) is 78.9 Å². The Hall–Kier alpha value is -4.38. The Labute approximate surface area is 240 Å². The number of piperidine rings is 3. The van der Waals surface area contributed by atoms with E-state index in [9.17, 15) is 18.0 Å². The number of carbonyl (C=O) groups excluding carboxylic acids is 2. The molecule has 8 nitrogen and oxygen atoms in total. The van der Waals surface area contributed by atoms with Gasteiger partial charge in [-0.25, -0.2) is 9.78 Å². The van der Waals surface area contributed by atoms with Crippen molar-refractivity contribution in [2.75, 3.05) is 25.0 Å². The van der Waals surface area contributed by atoms with E-state index in [4.69, 9.17) is 19.6 Å². The number of benzene rings is 3. The fourth-order valence-corrected chi connectivity index (χ4v) is 5.82. The van der Waals surface area contributed by atoms with Gasteiger partial charge < -0.3 is 29.4 Å². The number of carboxylic acid groups (broad SMARTS) is 1. The summed E-state index contributed by atoms with van der Waals surface area (Å²) in [4.78, 5) is 30.7. The van der Waals surface area contributed by atoms with Gasteiger partial charge in [0.05, 0.1) is 24.1 Å². The zero-order valence-corrected chi connectivity index (χ0v) is 22.7. The van der Waals surface area contributed by atoms with Crippen LogP contribution < -0.4 is 10.4 Å². The molecule has 0 unspecified atom stereocenters. The number of nitrogens with one attached hydrogen (secondary N) is 2. The highest BCUT2D eigenvalue weighted by molar-refractivity contribution is 5.81. The number of aliphatic carboxylic acids is 1. The van der Waals surface area contributed by atoms with Crippen LogP contribution in [0.2, 0.25) is 0 Å². The normalized spacial score (nSPS) is 22.1. The number of fused-ring (bicyclic) bond motifs is 4. The number of rotatable bonds is 7. The van der Waals surface area contributed by atoms with Crippen LogP contribution in [0.4, 0.5) is 18.9 Å². The molecule has 0 radical (unpaired) electrons. The number of alkyl halides is 3. The molecule has 2 bridgehead atoms. The molecule has 7 rings (SSSR count). The molecular weight excluding hydrogens is 549 g/mol. The second-order valence-corrected chi connectivity index (χ2v) is 10.8. The average Bonchev–Trinajstić information content (AvgIpc) is 3.39. The second-order valence-electron chi connectivity index (χ2n) is 10.8. The summed E-state index contributed by atoms with van der Waals surface area (Å²) < 4.78 is 38.8. The van der Waals surface area contributed by atoms with Crippen molar-refractivity contribution in [2.24, 2.45) is 5.92 Å². The van der Waals surface area contributed by atoms with Gasteiger partial charge in [0.25, 0.3) is 0 Å². The van der Waals surface area contributed by atoms with E-state index < -0.39 is 18.2 Å². The third-order valence-electron chi connectivity index (χ3n) is 7.92. The van der Waals surface area contributed by atoms with Crippen molar-refractivity contribution in [1.82, 2.24) is 9.97 Å². The van der Waals surface area contributed by atoms with E-state index in [0.29, 0.717) is 5.92 Å². The lowest BCUT2D eigenvalue weighted by atomic mass is 9.83. The number of carboxylic acids is 1. The van der Waals surface area contributed by atoms with Crippen molar-refractivity contribution in [1.29, 1.82) is 0 Å². The van der Waals surface area contributed by atoms with Gasteiger partial charge in [0.2, 0.25) is 0 Å². The fraction of sp³-hybridized carbons (Fsp3) is 0.323. The monoisotopic (exact) mass is 580 g/mol. The van der Waals surface area contributed by atoms with Crippen LogP contribution >= 0.6 is 0 Å². The Bertz CT molecular complexity index is 1470. The molecule has 3 fully saturated rings. The minimum atomic E-state index is -5.19. The number of aromatic amines is 1. The van der Waals surface area contributed by atoms with Gasteiger partial charge in [-0.1, -0.05) is 60.7 Å². The summed E-state index contributed by atoms with van der Waals surface area (Å²) in [5.41, 5.74) is 3.90. The van der Waals surface area contributed by atoms with Gasteiger partial charge in [0.1, 0.15) is 19.1 Å². The minimum Gasteiger partial charge on any atom is -0.542 e. The highest BCUT2D eigenvalue weighted by atomic mass is 19.4. The van der Waals surface area contributed by atoms with Crippen LogP contribution in [-0.4, -0.2) is 58.3 Å². The number of ether oxygens (including phenoxy) is 1. The number of H-pyrrole nitrogens is 1. The maximum Gasteiger partial charge on any atom is 0.430 e. The van der Waals surface area contributed by atoms with Crippen LogP contribution in [0.25, 0.3) is 11.0 Å². The van der Waals surface area contributed by atoms with Crippen molar-refractivity contribution < 1.29 is 37.1 Å². The number of hydrogen-bond acceptors (Lipinski definition) is 6. The molecule has 11 heteroatoms. The molecule has 2 N–H and O–H groups in total. The summed E-state index contributed by atoms with van der Waals surface area (Å²) in [7, 11) is 0. The van der Waals surface area contributed by atoms with Crippen LogP contribution in [0.15, 0.2) is 84.9 Å². The number of anilines is 1. The molecule has 0 aliphatic carbocycles. The van der Waals surface area contributed by atoms with Crippen molar-refractivity contribution in [2.45, 2.75) is 37.7 Å². The summed E-state index contributed by atoms with van der Waals surface area (Å²) >= 11 is 0. The highest BCUT2D eigenvalue weighted by Gasteiger charge is 2.48. The van der Waals surface area contributed by atoms with Crippen LogP contribution in [0.3, 0.4) is 0 Å². The summed E-state index contributed by atoms with van der Waals surface area (Å²) in [6.45, 7) is 3.92. The van der Waals surface area contributed by atoms with Crippen LogP contribution in [0, 0.1) is 5.92 Å². The maximum absolute atomic E-state index is 13.6. The van der Waals surface area contributed by atoms with Gasteiger partial charge in [0.15, 0.2) is 18.0 Å². The molecular formula is C31H31F3N4O4. The van der Waals surface area contributed by atoms with Gasteiger partial charge in [-0.3, -0.25) is 0 Å². The van der Waals surface area contributed by atoms with Crippen molar-refractivity contribution in [3.05, 3.63) is 96.3 Å². The summed E-state index contributed by atoms with van der Waals surface area (Å²) in [5.74, 6) is -1.76. The molecule has 1 aromatic heterocycles. The number of quaternary nitrogens is 1. The lowest BCUT2D eigenvalue weighted by Gasteiger charge is -2.51. The van der Waals surface area contributed by atoms with Crippen LogP contribution in [-0.2, 0) is 20.9 Å². The topological polar surface area (TPSA) is 107 Å². The van der Waals surface area contributed by atoms with Gasteiger partial charge in [-0.15, -0.1) is 0 Å². The molecule has 0 saturated carbocycles. The molecule has 3 aliphatic heterocycles. The average molecular weight is 581 g/mol. The van der Waals surface area contributed by atoms with Gasteiger partial charge in [-0.05, 0) is 29.8 Å². The van der Waals surface area contributed by atoms with E-state index in [2.05, 4.69) is 16.4 Å². The van der Waals surface area contributed by atoms with E-state index in [1.54, 1.807) is 0 Å². The summed E-state index contributed by atoms with van der Waals surface area (Å²) in [5, 5.41) is 12.2. The summed E-state index contributed by atoms with van der Waals surface area (Å²) in [6.07, 6.45) is -3.10. The standard InChI is InChI=1S/C29H31N4O2.C2HF3O2/c34-29(28(22-9-3-1-4-10-22)30-23-11-5-2-6-12-23)35-26-19-33(17-15-21(26)16-18-33)20-27-31-24-13-7-8-14-25(24)32-27;3-2(4,5)1(6)7/h1-14,21,26,28,30H,15-20H2,(H,31,32);(H,6,7)/q+1;/p-1/t21?,26-,28+,33?;/m0./s1. The number of esters is 1. The molecule has 4 heterocycles. The first-order valence-corrected chi connectivity index (χ1v) is 13.8. The molecule has 2 atom stereocenters. The summed E-state index contributed by atoms with van der Waals surface area (Å²) in [6, 6.07) is 27.3. The van der Waals surface area contributed by atoms with Crippen molar-refractivity contribution >= 4 is 28.7 Å². The number of imidazole rings is 1. The fourth-order valence-electron chi connectivity index (χ4n) is 5.82. The van der Waals surface area contributed by atoms with Crippen LogP contribution in [0.5, 0.6) is 0 Å². The van der Waals surface area contributed by atoms with Crippen LogP contribution in [0.1, 0.15) is 30.3 Å². The molecule has 4 aromatic rings. The largest absolute Gasteiger partial charge is 0.542 e. The molecule has 42 heavy (non-hydrogen) atoms. The third-order valence-corrected chi connectivity index (χ3v) is 7.92. The zero-order valence-electron chi connectivity index (χ0n) is 22.7. The van der Waals surface area contributed by atoms with E-state index >= 15 is 0 Å². The first-order valence-electron chi connectivity index (χ1n) is 13.8. The molecule has 3 aliphatic rings. The SMILES string of the molecule is O=C(O[C@H]1C[N+]2(Cc3nc4ccccc4[nH]3)CCC1CC2)[C@H](Nc1ccccc1)c1ccccc1.O=C([O-])C(F)(F)F. The van der Waals surface area contributed by atoms with E-state index in [-0.39, 0.29) is 12.1 Å². The molecule has 220 valence electrons. The lowest BCUT2D eigenvalue weighted by molar-refractivity contribution is -0.958. The Balaban J connectivity index is 0.000000451. The van der Waals surface area contributed by atoms with Gasteiger partial charge >= 0.3 is 12.1 Å². The quantitative estimate of drug-likeness (QED) is 0.249. The molecule has 0 spiro atoms. The number of hydrogen-bond donors (Lipinski definition) is 2. The first kappa shape index (κ1) is 29.1. The Morgan fingerprint density at radius 1 is 0.976 bits per heavy atom. The number of para-hydroxylation sites is 3. The molecule has 3 aromatic carbocycles. The Kier molecular flexibility index (Phi) is 8.49. The maximum atomic E-state index is 13.6. The molecule has 3 saturated heterocycles. The predicted octanol–water partition coefficient (Wildman–Crippen LogP) is 4.37. The first-order chi connectivity index (χ1) is 20.1. The zero-order chi connectivity index (χ0) is 29.7. The minimum absolute atomic E-state index is 0.0711. The number of carbonyl (C=O) groups is 2. The van der Waals surface area contributed by atoms with E-state index in [1.165, 1.54) is 0 Å². The predicted molar refractivity (Wildman–Crippen MR) is 148 cm³/mol. The Morgan fingerprint density at radius 2 is 1.57 bits per heavy atom.